The Labute approximate surface area is 126 Å². The first-order chi connectivity index (χ1) is 9.11. The van der Waals surface area contributed by atoms with Crippen molar-refractivity contribution in [2.75, 3.05) is 11.9 Å². The summed E-state index contributed by atoms with van der Waals surface area (Å²) in [6, 6.07) is 5.38. The number of rotatable bonds is 2. The number of fused-ring (bicyclic) bond motifs is 1. The van der Waals surface area contributed by atoms with Crippen LogP contribution in [0.15, 0.2) is 18.2 Å². The topological polar surface area (TPSA) is 74.2 Å². The molecule has 2 heterocycles. The monoisotopic (exact) mass is 313 g/mol. The van der Waals surface area contributed by atoms with Crippen molar-refractivity contribution < 1.29 is 9.90 Å². The summed E-state index contributed by atoms with van der Waals surface area (Å²) in [4.78, 5) is 16.4. The number of carbonyl (C=O) groups is 1. The van der Waals surface area contributed by atoms with Gasteiger partial charge < -0.3 is 15.7 Å². The molecule has 3 N–H and O–H groups in total. The number of aromatic nitrogens is 1. The Kier molecular flexibility index (Phi) is 4.59. The third kappa shape index (κ3) is 3.09. The molecular formula is C13H16ClN3O2S. The number of nitrogens with one attached hydrogen (secondary N) is 2. The maximum atomic E-state index is 12.0. The van der Waals surface area contributed by atoms with Crippen molar-refractivity contribution in [1.29, 1.82) is 0 Å². The van der Waals surface area contributed by atoms with Crippen LogP contribution in [0.2, 0.25) is 0 Å². The highest BCUT2D eigenvalue weighted by atomic mass is 35.5. The predicted octanol–water partition coefficient (Wildman–Crippen LogP) is 1.69. The van der Waals surface area contributed by atoms with E-state index >= 15 is 0 Å². The fraction of sp³-hybridized carbons (Fsp3) is 0.385. The van der Waals surface area contributed by atoms with Crippen LogP contribution in [0.3, 0.4) is 0 Å². The minimum absolute atomic E-state index is 0. The number of hydrogen-bond donors (Lipinski definition) is 3. The lowest BCUT2D eigenvalue weighted by Crippen LogP contribution is -2.35. The number of aryl methyl sites for hydroxylation is 1. The fourth-order valence-electron chi connectivity index (χ4n) is 2.26. The van der Waals surface area contributed by atoms with Gasteiger partial charge in [0.15, 0.2) is 0 Å². The van der Waals surface area contributed by atoms with Crippen LogP contribution in [-0.4, -0.2) is 34.7 Å². The molecule has 0 bridgehead atoms. The minimum Gasteiger partial charge on any atom is -0.392 e. The standard InChI is InChI=1S/C13H15N3O2S.ClH/c1-7-15-10-3-2-8(4-12(10)19-7)16-13(18)11-5-9(17)6-14-11;/h2-4,9,11,14,17H,5-6H2,1H3,(H,16,18);1H. The van der Waals surface area contributed by atoms with E-state index in [9.17, 15) is 9.90 Å². The molecule has 1 amide bonds. The Morgan fingerprint density at radius 2 is 2.35 bits per heavy atom. The molecule has 5 nitrogen and oxygen atoms in total. The number of hydrogen-bond acceptors (Lipinski definition) is 5. The molecule has 20 heavy (non-hydrogen) atoms. The van der Waals surface area contributed by atoms with E-state index in [1.165, 1.54) is 0 Å². The lowest BCUT2D eigenvalue weighted by atomic mass is 10.2. The van der Waals surface area contributed by atoms with Crippen molar-refractivity contribution >= 4 is 45.6 Å². The average Bonchev–Trinajstić information content (AvgIpc) is 2.93. The summed E-state index contributed by atoms with van der Waals surface area (Å²) in [5.41, 5.74) is 1.72. The molecule has 0 saturated carbocycles. The molecule has 2 aromatic rings. The summed E-state index contributed by atoms with van der Waals surface area (Å²) in [6.45, 7) is 2.44. The Balaban J connectivity index is 0.00000147. The second-order valence-electron chi connectivity index (χ2n) is 4.75. The zero-order chi connectivity index (χ0) is 13.4. The van der Waals surface area contributed by atoms with Crippen molar-refractivity contribution in [3.8, 4) is 0 Å². The highest BCUT2D eigenvalue weighted by Crippen LogP contribution is 2.25. The first-order valence-electron chi connectivity index (χ1n) is 6.21. The van der Waals surface area contributed by atoms with Crippen molar-refractivity contribution in [2.45, 2.75) is 25.5 Å². The molecule has 1 fully saturated rings. The van der Waals surface area contributed by atoms with Gasteiger partial charge >= 0.3 is 0 Å². The van der Waals surface area contributed by atoms with Gasteiger partial charge in [0, 0.05) is 12.2 Å². The zero-order valence-corrected chi connectivity index (χ0v) is 12.6. The number of β-amino-alcohol motifs (C(OH)–C–C–N with tert-alkyl or cyclic N) is 1. The Morgan fingerprint density at radius 1 is 1.55 bits per heavy atom. The second kappa shape index (κ2) is 6.05. The molecule has 1 aromatic carbocycles. The number of halogens is 1. The average molecular weight is 314 g/mol. The summed E-state index contributed by atoms with van der Waals surface area (Å²) < 4.78 is 1.06. The first-order valence-corrected chi connectivity index (χ1v) is 7.03. The molecule has 3 rings (SSSR count). The van der Waals surface area contributed by atoms with Crippen LogP contribution in [0.4, 0.5) is 5.69 Å². The number of aliphatic hydroxyl groups excluding tert-OH is 1. The largest absolute Gasteiger partial charge is 0.392 e. The Bertz CT molecular complexity index is 631. The van der Waals surface area contributed by atoms with E-state index < -0.39 is 6.10 Å². The van der Waals surface area contributed by atoms with Crippen LogP contribution in [0, 0.1) is 6.92 Å². The maximum absolute atomic E-state index is 12.0. The third-order valence-electron chi connectivity index (χ3n) is 3.19. The number of anilines is 1. The first kappa shape index (κ1) is 15.2. The van der Waals surface area contributed by atoms with Gasteiger partial charge in [-0.25, -0.2) is 4.98 Å². The van der Waals surface area contributed by atoms with E-state index in [0.29, 0.717) is 13.0 Å². The van der Waals surface area contributed by atoms with Gasteiger partial charge in [-0.15, -0.1) is 23.7 Å². The molecule has 0 radical (unpaired) electrons. The highest BCUT2D eigenvalue weighted by molar-refractivity contribution is 7.18. The molecule has 2 unspecified atom stereocenters. The van der Waals surface area contributed by atoms with Crippen LogP contribution >= 0.6 is 23.7 Å². The predicted molar refractivity (Wildman–Crippen MR) is 82.6 cm³/mol. The van der Waals surface area contributed by atoms with Crippen LogP contribution in [-0.2, 0) is 4.79 Å². The smallest absolute Gasteiger partial charge is 0.241 e. The Morgan fingerprint density at radius 3 is 3.05 bits per heavy atom. The van der Waals surface area contributed by atoms with Gasteiger partial charge in [0.1, 0.15) is 0 Å². The molecular weight excluding hydrogens is 298 g/mol. The molecule has 1 aliphatic heterocycles. The molecule has 1 aliphatic rings. The fourth-order valence-corrected chi connectivity index (χ4v) is 3.13. The van der Waals surface area contributed by atoms with E-state index in [-0.39, 0.29) is 24.4 Å². The van der Waals surface area contributed by atoms with Gasteiger partial charge in [-0.2, -0.15) is 0 Å². The quantitative estimate of drug-likeness (QED) is 0.789. The van der Waals surface area contributed by atoms with Crippen molar-refractivity contribution in [1.82, 2.24) is 10.3 Å². The van der Waals surface area contributed by atoms with Crippen molar-refractivity contribution in [3.63, 3.8) is 0 Å². The normalized spacial score (nSPS) is 21.7. The number of benzene rings is 1. The molecule has 7 heteroatoms. The van der Waals surface area contributed by atoms with Gasteiger partial charge in [-0.1, -0.05) is 0 Å². The molecule has 2 atom stereocenters. The van der Waals surface area contributed by atoms with Gasteiger partial charge in [0.05, 0.1) is 27.4 Å². The van der Waals surface area contributed by atoms with Crippen molar-refractivity contribution in [3.05, 3.63) is 23.2 Å². The van der Waals surface area contributed by atoms with Crippen LogP contribution in [0.5, 0.6) is 0 Å². The van der Waals surface area contributed by atoms with Gasteiger partial charge in [0.2, 0.25) is 5.91 Å². The molecule has 0 aliphatic carbocycles. The van der Waals surface area contributed by atoms with E-state index in [2.05, 4.69) is 15.6 Å². The minimum atomic E-state index is -0.428. The molecule has 1 saturated heterocycles. The summed E-state index contributed by atoms with van der Waals surface area (Å²) in [6.07, 6.45) is 0.0377. The van der Waals surface area contributed by atoms with Gasteiger partial charge in [-0.05, 0) is 31.5 Å². The van der Waals surface area contributed by atoms with Gasteiger partial charge in [-0.3, -0.25) is 4.79 Å². The maximum Gasteiger partial charge on any atom is 0.241 e. The number of thiazole rings is 1. The summed E-state index contributed by atoms with van der Waals surface area (Å²) in [5, 5.41) is 16.3. The Hall–Kier alpha value is -1.21. The number of amides is 1. The summed E-state index contributed by atoms with van der Waals surface area (Å²) in [7, 11) is 0. The van der Waals surface area contributed by atoms with Crippen LogP contribution < -0.4 is 10.6 Å². The number of carbonyl (C=O) groups excluding carboxylic acids is 1. The highest BCUT2D eigenvalue weighted by Gasteiger charge is 2.27. The summed E-state index contributed by atoms with van der Waals surface area (Å²) in [5.74, 6) is -0.0999. The third-order valence-corrected chi connectivity index (χ3v) is 4.12. The van der Waals surface area contributed by atoms with E-state index in [1.807, 2.05) is 25.1 Å². The summed E-state index contributed by atoms with van der Waals surface area (Å²) >= 11 is 1.61. The van der Waals surface area contributed by atoms with Crippen molar-refractivity contribution in [2.24, 2.45) is 0 Å². The van der Waals surface area contributed by atoms with E-state index in [4.69, 9.17) is 0 Å². The number of nitrogens with zero attached hydrogens (tertiary/aromatic N) is 1. The van der Waals surface area contributed by atoms with Gasteiger partial charge in [0.25, 0.3) is 0 Å². The lowest BCUT2D eigenvalue weighted by molar-refractivity contribution is -0.117. The molecule has 1 aromatic heterocycles. The lowest BCUT2D eigenvalue weighted by Gasteiger charge is -2.10. The molecule has 108 valence electrons. The zero-order valence-electron chi connectivity index (χ0n) is 10.9. The van der Waals surface area contributed by atoms with E-state index in [1.54, 1.807) is 11.3 Å². The second-order valence-corrected chi connectivity index (χ2v) is 5.99. The van der Waals surface area contributed by atoms with Crippen LogP contribution in [0.25, 0.3) is 10.2 Å². The van der Waals surface area contributed by atoms with E-state index in [0.717, 1.165) is 20.9 Å². The SMILES string of the molecule is Cc1nc2ccc(NC(=O)C3CC(O)CN3)cc2s1.Cl. The van der Waals surface area contributed by atoms with Crippen LogP contribution in [0.1, 0.15) is 11.4 Å². The number of aliphatic hydroxyl groups is 1. The molecule has 0 spiro atoms.